The summed E-state index contributed by atoms with van der Waals surface area (Å²) in [6.45, 7) is 0.958. The number of hydrogen-bond donors (Lipinski definition) is 3. The number of rotatable bonds is 7. The number of benzene rings is 2. The van der Waals surface area contributed by atoms with E-state index in [1.807, 2.05) is 55.6 Å². The summed E-state index contributed by atoms with van der Waals surface area (Å²) in [5.74, 6) is 0.749. The molecule has 0 aliphatic carbocycles. The summed E-state index contributed by atoms with van der Waals surface area (Å²) in [7, 11) is 3.45. The second-order valence-corrected chi connectivity index (χ2v) is 6.47. The minimum Gasteiger partial charge on any atom is -0.497 e. The van der Waals surface area contributed by atoms with Crippen molar-refractivity contribution in [1.82, 2.24) is 10.3 Å². The first-order valence-electron chi connectivity index (χ1n) is 8.42. The van der Waals surface area contributed by atoms with E-state index in [1.54, 1.807) is 7.11 Å². The van der Waals surface area contributed by atoms with Gasteiger partial charge in [-0.15, -0.1) is 12.4 Å². The second kappa shape index (κ2) is 9.76. The quantitative estimate of drug-likeness (QED) is 0.552. The van der Waals surface area contributed by atoms with Gasteiger partial charge in [-0.05, 0) is 37.4 Å². The number of methoxy groups -OCH3 is 1. The predicted octanol–water partition coefficient (Wildman–Crippen LogP) is 3.98. The third-order valence-electron chi connectivity index (χ3n) is 4.12. The first-order valence-corrected chi connectivity index (χ1v) is 8.80. The van der Waals surface area contributed by atoms with Crippen LogP contribution in [-0.2, 0) is 0 Å². The number of nitrogens with zero attached hydrogens (tertiary/aromatic N) is 1. The molecule has 0 amide bonds. The van der Waals surface area contributed by atoms with Gasteiger partial charge >= 0.3 is 0 Å². The summed E-state index contributed by atoms with van der Waals surface area (Å²) in [5, 5.41) is 18.0. The van der Waals surface area contributed by atoms with Crippen molar-refractivity contribution in [2.45, 2.75) is 6.10 Å². The molecule has 1 unspecified atom stereocenters. The Morgan fingerprint density at radius 2 is 1.85 bits per heavy atom. The van der Waals surface area contributed by atoms with Gasteiger partial charge in [-0.2, -0.15) is 0 Å². The molecule has 1 atom stereocenters. The smallest absolute Gasteiger partial charge is 0.121 e. The molecule has 0 spiro atoms. The molecular weight excluding hydrogens is 385 g/mol. The molecule has 0 bridgehead atoms. The number of pyridine rings is 1. The molecule has 3 N–H and O–H groups in total. The number of nitrogens with one attached hydrogen (secondary N) is 2. The van der Waals surface area contributed by atoms with Gasteiger partial charge in [0.2, 0.25) is 0 Å². The molecular formula is C20H23Cl2N3O2. The normalized spacial score (nSPS) is 11.7. The zero-order chi connectivity index (χ0) is 18.5. The lowest BCUT2D eigenvalue weighted by atomic mass is 10.1. The lowest BCUT2D eigenvalue weighted by Gasteiger charge is -2.16. The van der Waals surface area contributed by atoms with Crippen molar-refractivity contribution >= 4 is 40.6 Å². The number of aliphatic hydroxyl groups excluding tert-OH is 1. The highest BCUT2D eigenvalue weighted by atomic mass is 35.5. The summed E-state index contributed by atoms with van der Waals surface area (Å²) >= 11 is 6.00. The van der Waals surface area contributed by atoms with E-state index in [0.717, 1.165) is 33.6 Å². The number of hydrogen-bond acceptors (Lipinski definition) is 5. The first kappa shape index (κ1) is 21.3. The van der Waals surface area contributed by atoms with E-state index >= 15 is 0 Å². The molecule has 27 heavy (non-hydrogen) atoms. The van der Waals surface area contributed by atoms with Crippen LogP contribution in [0.2, 0.25) is 5.02 Å². The highest BCUT2D eigenvalue weighted by Crippen LogP contribution is 2.31. The largest absolute Gasteiger partial charge is 0.497 e. The molecule has 5 nitrogen and oxygen atoms in total. The SMILES string of the molecule is CNCC(O)CNc1cc(-c2ccc(Cl)cc2)nc2cc(OC)ccc12.Cl. The second-order valence-electron chi connectivity index (χ2n) is 6.04. The van der Waals surface area contributed by atoms with E-state index in [4.69, 9.17) is 21.3 Å². The summed E-state index contributed by atoms with van der Waals surface area (Å²) in [6.07, 6.45) is -0.486. The fourth-order valence-corrected chi connectivity index (χ4v) is 2.91. The Morgan fingerprint density at radius 3 is 2.52 bits per heavy atom. The van der Waals surface area contributed by atoms with E-state index in [9.17, 15) is 5.11 Å². The van der Waals surface area contributed by atoms with Crippen LogP contribution in [0.1, 0.15) is 0 Å². The fraction of sp³-hybridized carbons (Fsp3) is 0.250. The van der Waals surface area contributed by atoms with Gasteiger partial charge in [0.15, 0.2) is 0 Å². The Kier molecular flexibility index (Phi) is 7.68. The Labute approximate surface area is 170 Å². The van der Waals surface area contributed by atoms with Gasteiger partial charge < -0.3 is 20.5 Å². The van der Waals surface area contributed by atoms with Crippen LogP contribution in [0.4, 0.5) is 5.69 Å². The lowest BCUT2D eigenvalue weighted by Crippen LogP contribution is -2.30. The minimum absolute atomic E-state index is 0. The highest BCUT2D eigenvalue weighted by Gasteiger charge is 2.10. The number of likely N-dealkylation sites (N-methyl/N-ethyl adjacent to an activating group) is 1. The maximum Gasteiger partial charge on any atom is 0.121 e. The number of ether oxygens (including phenoxy) is 1. The molecule has 0 aliphatic rings. The number of halogens is 2. The standard InChI is InChI=1S/C20H22ClN3O2.ClH/c1-22-11-15(25)12-23-19-10-18(13-3-5-14(21)6-4-13)24-20-9-16(26-2)7-8-17(19)20;/h3-10,15,22,25H,11-12H2,1-2H3,(H,23,24);1H. The molecule has 3 aromatic rings. The third kappa shape index (κ3) is 5.23. The Balaban J connectivity index is 0.00000261. The number of anilines is 1. The van der Waals surface area contributed by atoms with Crippen molar-refractivity contribution in [1.29, 1.82) is 0 Å². The van der Waals surface area contributed by atoms with Crippen LogP contribution in [0, 0.1) is 0 Å². The molecule has 0 aliphatic heterocycles. The van der Waals surface area contributed by atoms with Crippen molar-refractivity contribution in [3.8, 4) is 17.0 Å². The minimum atomic E-state index is -0.486. The van der Waals surface area contributed by atoms with E-state index in [-0.39, 0.29) is 12.4 Å². The summed E-state index contributed by atoms with van der Waals surface area (Å²) in [4.78, 5) is 4.77. The van der Waals surface area contributed by atoms with Crippen LogP contribution in [0.25, 0.3) is 22.2 Å². The van der Waals surface area contributed by atoms with Gasteiger partial charge in [-0.3, -0.25) is 0 Å². The maximum absolute atomic E-state index is 10.0. The molecule has 1 aromatic heterocycles. The third-order valence-corrected chi connectivity index (χ3v) is 4.38. The van der Waals surface area contributed by atoms with Crippen molar-refractivity contribution in [2.24, 2.45) is 0 Å². The summed E-state index contributed by atoms with van der Waals surface area (Å²) in [5.41, 5.74) is 3.53. The Morgan fingerprint density at radius 1 is 1.11 bits per heavy atom. The first-order chi connectivity index (χ1) is 12.6. The maximum atomic E-state index is 10.0. The van der Waals surface area contributed by atoms with Crippen LogP contribution < -0.4 is 15.4 Å². The van der Waals surface area contributed by atoms with E-state index < -0.39 is 6.10 Å². The van der Waals surface area contributed by atoms with Gasteiger partial charge in [0.25, 0.3) is 0 Å². The van der Waals surface area contributed by atoms with Gasteiger partial charge in [0, 0.05) is 40.8 Å². The Hall–Kier alpha value is -2.05. The molecule has 0 radical (unpaired) electrons. The summed E-state index contributed by atoms with van der Waals surface area (Å²) < 4.78 is 5.33. The van der Waals surface area contributed by atoms with Crippen LogP contribution >= 0.6 is 24.0 Å². The van der Waals surface area contributed by atoms with Gasteiger partial charge in [0.1, 0.15) is 5.75 Å². The van der Waals surface area contributed by atoms with Crippen LogP contribution in [0.5, 0.6) is 5.75 Å². The average Bonchev–Trinajstić information content (AvgIpc) is 2.66. The van der Waals surface area contributed by atoms with Crippen molar-refractivity contribution < 1.29 is 9.84 Å². The molecule has 2 aromatic carbocycles. The summed E-state index contributed by atoms with van der Waals surface area (Å²) in [6, 6.07) is 15.3. The predicted molar refractivity (Wildman–Crippen MR) is 114 cm³/mol. The van der Waals surface area contributed by atoms with Crippen molar-refractivity contribution in [3.63, 3.8) is 0 Å². The van der Waals surface area contributed by atoms with E-state index in [1.165, 1.54) is 0 Å². The average molecular weight is 408 g/mol. The van der Waals surface area contributed by atoms with Crippen LogP contribution in [-0.4, -0.2) is 43.4 Å². The fourth-order valence-electron chi connectivity index (χ4n) is 2.79. The van der Waals surface area contributed by atoms with Crippen molar-refractivity contribution in [3.05, 3.63) is 53.6 Å². The number of aliphatic hydroxyl groups is 1. The zero-order valence-corrected chi connectivity index (χ0v) is 16.8. The van der Waals surface area contributed by atoms with E-state index in [2.05, 4.69) is 10.6 Å². The monoisotopic (exact) mass is 407 g/mol. The molecule has 0 fully saturated rings. The molecule has 144 valence electrons. The highest BCUT2D eigenvalue weighted by molar-refractivity contribution is 6.30. The van der Waals surface area contributed by atoms with Gasteiger partial charge in [0.05, 0.1) is 24.4 Å². The van der Waals surface area contributed by atoms with Crippen LogP contribution in [0.15, 0.2) is 48.5 Å². The molecule has 1 heterocycles. The lowest BCUT2D eigenvalue weighted by molar-refractivity contribution is 0.187. The zero-order valence-electron chi connectivity index (χ0n) is 15.2. The molecule has 7 heteroatoms. The molecule has 3 rings (SSSR count). The number of aromatic nitrogens is 1. The molecule has 0 saturated carbocycles. The van der Waals surface area contributed by atoms with Gasteiger partial charge in [-0.25, -0.2) is 4.98 Å². The van der Waals surface area contributed by atoms with Crippen LogP contribution in [0.3, 0.4) is 0 Å². The Bertz CT molecular complexity index is 888. The van der Waals surface area contributed by atoms with E-state index in [0.29, 0.717) is 18.1 Å². The molecule has 0 saturated heterocycles. The van der Waals surface area contributed by atoms with Gasteiger partial charge in [-0.1, -0.05) is 23.7 Å². The topological polar surface area (TPSA) is 66.4 Å². The van der Waals surface area contributed by atoms with Crippen molar-refractivity contribution in [2.75, 3.05) is 32.6 Å². The number of fused-ring (bicyclic) bond motifs is 1.